The molecule has 1 N–H and O–H groups in total. The van der Waals surface area contributed by atoms with E-state index in [0.717, 1.165) is 24.3 Å². The molecule has 0 fully saturated rings. The molecule has 1 aromatic carbocycles. The summed E-state index contributed by atoms with van der Waals surface area (Å²) in [6.45, 7) is 6.52. The first kappa shape index (κ1) is 14.2. The molecule has 0 bridgehead atoms. The second-order valence-electron chi connectivity index (χ2n) is 4.00. The van der Waals surface area contributed by atoms with Gasteiger partial charge in [-0.1, -0.05) is 13.3 Å². The average Bonchev–Trinajstić information content (AvgIpc) is 2.37. The topological polar surface area (TPSA) is 50.7 Å². The van der Waals surface area contributed by atoms with Gasteiger partial charge in [-0.3, -0.25) is 4.79 Å². The van der Waals surface area contributed by atoms with Crippen molar-refractivity contribution < 1.29 is 9.53 Å². The minimum Gasteiger partial charge on any atom is -0.494 e. The third kappa shape index (κ3) is 4.57. The number of carbonyl (C=O) groups is 1. The van der Waals surface area contributed by atoms with Crippen LogP contribution in [0.2, 0.25) is 0 Å². The van der Waals surface area contributed by atoms with Gasteiger partial charge in [-0.2, -0.15) is 5.10 Å². The Morgan fingerprint density at radius 2 is 1.94 bits per heavy atom. The summed E-state index contributed by atoms with van der Waals surface area (Å²) in [5, 5.41) is 4.03. The van der Waals surface area contributed by atoms with Gasteiger partial charge >= 0.3 is 0 Å². The molecule has 0 aromatic heterocycles. The Bertz CT molecular complexity index is 410. The number of hydrazone groups is 1. The van der Waals surface area contributed by atoms with E-state index in [4.69, 9.17) is 4.74 Å². The van der Waals surface area contributed by atoms with Crippen LogP contribution in [0.1, 0.15) is 44.0 Å². The lowest BCUT2D eigenvalue weighted by Gasteiger charge is -2.04. The van der Waals surface area contributed by atoms with Crippen LogP contribution in [0.4, 0.5) is 0 Å². The Morgan fingerprint density at radius 1 is 1.28 bits per heavy atom. The zero-order valence-corrected chi connectivity index (χ0v) is 11.2. The fourth-order valence-corrected chi connectivity index (χ4v) is 1.50. The zero-order chi connectivity index (χ0) is 13.4. The lowest BCUT2D eigenvalue weighted by molar-refractivity contribution is 0.0954. The predicted octanol–water partition coefficient (Wildman–Crippen LogP) is 2.99. The van der Waals surface area contributed by atoms with Crippen LogP contribution >= 0.6 is 0 Å². The number of nitrogens with zero attached hydrogens (tertiary/aromatic N) is 1. The number of amides is 1. The van der Waals surface area contributed by atoms with E-state index in [2.05, 4.69) is 17.5 Å². The Balaban J connectivity index is 2.59. The van der Waals surface area contributed by atoms with Crippen LogP contribution in [0.5, 0.6) is 5.75 Å². The highest BCUT2D eigenvalue weighted by Gasteiger charge is 2.04. The molecule has 98 valence electrons. The monoisotopic (exact) mass is 248 g/mol. The van der Waals surface area contributed by atoms with Gasteiger partial charge in [0.25, 0.3) is 5.91 Å². The highest BCUT2D eigenvalue weighted by Crippen LogP contribution is 2.11. The first-order chi connectivity index (χ1) is 8.67. The number of nitrogens with one attached hydrogen (secondary N) is 1. The van der Waals surface area contributed by atoms with E-state index in [1.165, 1.54) is 0 Å². The van der Waals surface area contributed by atoms with E-state index >= 15 is 0 Å². The predicted molar refractivity (Wildman–Crippen MR) is 73.1 cm³/mol. The number of ether oxygens (including phenoxy) is 1. The number of carbonyl (C=O) groups excluding carboxylic acids is 1. The van der Waals surface area contributed by atoms with Crippen LogP contribution in [-0.4, -0.2) is 18.2 Å². The number of hydrogen-bond donors (Lipinski definition) is 1. The molecule has 0 aliphatic carbocycles. The van der Waals surface area contributed by atoms with E-state index in [-0.39, 0.29) is 5.91 Å². The van der Waals surface area contributed by atoms with Gasteiger partial charge < -0.3 is 4.74 Å². The molecular weight excluding hydrogens is 228 g/mol. The Kier molecular flexibility index (Phi) is 5.91. The van der Waals surface area contributed by atoms with Gasteiger partial charge in [0.2, 0.25) is 0 Å². The molecule has 0 unspecified atom stereocenters. The minimum absolute atomic E-state index is 0.200. The SMILES string of the molecule is CCCC(C)=NNC(=O)c1ccc(OCC)cc1. The average molecular weight is 248 g/mol. The van der Waals surface area contributed by atoms with Crippen molar-refractivity contribution in [2.75, 3.05) is 6.61 Å². The molecule has 0 aliphatic heterocycles. The molecular formula is C14H20N2O2. The fraction of sp³-hybridized carbons (Fsp3) is 0.429. The molecule has 0 spiro atoms. The van der Waals surface area contributed by atoms with Crippen molar-refractivity contribution in [1.82, 2.24) is 5.43 Å². The van der Waals surface area contributed by atoms with Crippen LogP contribution in [-0.2, 0) is 0 Å². The molecule has 0 saturated heterocycles. The van der Waals surface area contributed by atoms with E-state index in [9.17, 15) is 4.79 Å². The van der Waals surface area contributed by atoms with Crippen LogP contribution < -0.4 is 10.2 Å². The summed E-state index contributed by atoms with van der Waals surface area (Å²) in [5.74, 6) is 0.563. The Hall–Kier alpha value is -1.84. The third-order valence-corrected chi connectivity index (χ3v) is 2.39. The van der Waals surface area contributed by atoms with Crippen LogP contribution in [0.15, 0.2) is 29.4 Å². The highest BCUT2D eigenvalue weighted by atomic mass is 16.5. The Labute approximate surface area is 108 Å². The highest BCUT2D eigenvalue weighted by molar-refractivity contribution is 5.95. The summed E-state index contributed by atoms with van der Waals surface area (Å²) >= 11 is 0. The van der Waals surface area contributed by atoms with Crippen molar-refractivity contribution >= 4 is 11.6 Å². The van der Waals surface area contributed by atoms with Crippen molar-refractivity contribution in [1.29, 1.82) is 0 Å². The normalized spacial score (nSPS) is 11.2. The summed E-state index contributed by atoms with van der Waals surface area (Å²) in [6.07, 6.45) is 1.91. The molecule has 1 aromatic rings. The maximum absolute atomic E-state index is 11.8. The minimum atomic E-state index is -0.200. The quantitative estimate of drug-likeness (QED) is 0.621. The molecule has 0 atom stereocenters. The lowest BCUT2D eigenvalue weighted by atomic mass is 10.2. The van der Waals surface area contributed by atoms with Gasteiger partial charge in [0, 0.05) is 11.3 Å². The standard InChI is InChI=1S/C14H20N2O2/c1-4-6-11(3)15-16-14(17)12-7-9-13(10-8-12)18-5-2/h7-10H,4-6H2,1-3H3,(H,16,17). The molecule has 4 nitrogen and oxygen atoms in total. The number of hydrogen-bond acceptors (Lipinski definition) is 3. The van der Waals surface area contributed by atoms with E-state index in [0.29, 0.717) is 12.2 Å². The van der Waals surface area contributed by atoms with Crippen molar-refractivity contribution in [3.05, 3.63) is 29.8 Å². The largest absolute Gasteiger partial charge is 0.494 e. The molecule has 18 heavy (non-hydrogen) atoms. The first-order valence-electron chi connectivity index (χ1n) is 6.23. The molecule has 4 heteroatoms. The summed E-state index contributed by atoms with van der Waals surface area (Å²) in [7, 11) is 0. The van der Waals surface area contributed by atoms with Crippen LogP contribution in [0.3, 0.4) is 0 Å². The second-order valence-corrected chi connectivity index (χ2v) is 4.00. The van der Waals surface area contributed by atoms with Crippen molar-refractivity contribution in [2.45, 2.75) is 33.6 Å². The van der Waals surface area contributed by atoms with Gasteiger partial charge in [-0.15, -0.1) is 0 Å². The maximum Gasteiger partial charge on any atom is 0.271 e. The summed E-state index contributed by atoms with van der Waals surface area (Å²) in [5.41, 5.74) is 4.05. The van der Waals surface area contributed by atoms with Gasteiger partial charge in [-0.05, 0) is 44.5 Å². The van der Waals surface area contributed by atoms with Crippen LogP contribution in [0.25, 0.3) is 0 Å². The smallest absolute Gasteiger partial charge is 0.271 e. The maximum atomic E-state index is 11.8. The van der Waals surface area contributed by atoms with Crippen molar-refractivity contribution in [3.63, 3.8) is 0 Å². The fourth-order valence-electron chi connectivity index (χ4n) is 1.50. The van der Waals surface area contributed by atoms with E-state index in [1.54, 1.807) is 24.3 Å². The lowest BCUT2D eigenvalue weighted by Crippen LogP contribution is -2.18. The van der Waals surface area contributed by atoms with Gasteiger partial charge in [0.1, 0.15) is 5.75 Å². The summed E-state index contributed by atoms with van der Waals surface area (Å²) in [6, 6.07) is 7.01. The van der Waals surface area contributed by atoms with Crippen molar-refractivity contribution in [2.24, 2.45) is 5.10 Å². The third-order valence-electron chi connectivity index (χ3n) is 2.39. The van der Waals surface area contributed by atoms with E-state index < -0.39 is 0 Å². The molecule has 0 saturated carbocycles. The molecule has 1 rings (SSSR count). The Morgan fingerprint density at radius 3 is 2.50 bits per heavy atom. The number of rotatable bonds is 6. The molecule has 0 radical (unpaired) electrons. The van der Waals surface area contributed by atoms with Gasteiger partial charge in [-0.25, -0.2) is 5.43 Å². The zero-order valence-electron chi connectivity index (χ0n) is 11.2. The molecule has 0 heterocycles. The van der Waals surface area contributed by atoms with Crippen molar-refractivity contribution in [3.8, 4) is 5.75 Å². The molecule has 0 aliphatic rings. The summed E-state index contributed by atoms with van der Waals surface area (Å²) < 4.78 is 5.31. The first-order valence-corrected chi connectivity index (χ1v) is 6.23. The van der Waals surface area contributed by atoms with Gasteiger partial charge in [0.15, 0.2) is 0 Å². The van der Waals surface area contributed by atoms with Crippen LogP contribution in [0, 0.1) is 0 Å². The summed E-state index contributed by atoms with van der Waals surface area (Å²) in [4.78, 5) is 11.8. The van der Waals surface area contributed by atoms with E-state index in [1.807, 2.05) is 13.8 Å². The molecule has 1 amide bonds. The van der Waals surface area contributed by atoms with Gasteiger partial charge in [0.05, 0.1) is 6.61 Å². The second kappa shape index (κ2) is 7.48. The number of benzene rings is 1.